The number of nitrogens with one attached hydrogen (secondary N) is 2. The summed E-state index contributed by atoms with van der Waals surface area (Å²) in [6.45, 7) is 1.98. The summed E-state index contributed by atoms with van der Waals surface area (Å²) in [5.41, 5.74) is 1.63. The number of aliphatic imine (C=N–C) groups is 1. The van der Waals surface area contributed by atoms with Crippen molar-refractivity contribution in [1.29, 1.82) is 5.26 Å². The van der Waals surface area contributed by atoms with Gasteiger partial charge in [0.15, 0.2) is 35.1 Å². The predicted molar refractivity (Wildman–Crippen MR) is 120 cm³/mol. The maximum absolute atomic E-state index is 13.8. The maximum Gasteiger partial charge on any atom is 0.203 e. The number of nitrogens with zero attached hydrogens (tertiary/aromatic N) is 3. The van der Waals surface area contributed by atoms with Gasteiger partial charge in [-0.05, 0) is 36.2 Å². The summed E-state index contributed by atoms with van der Waals surface area (Å²) >= 11 is 0. The monoisotopic (exact) mass is 475 g/mol. The van der Waals surface area contributed by atoms with E-state index in [-0.39, 0.29) is 18.7 Å². The van der Waals surface area contributed by atoms with Gasteiger partial charge in [0, 0.05) is 18.0 Å². The van der Waals surface area contributed by atoms with Gasteiger partial charge in [-0.2, -0.15) is 5.26 Å². The van der Waals surface area contributed by atoms with E-state index in [4.69, 9.17) is 19.5 Å². The van der Waals surface area contributed by atoms with Crippen LogP contribution in [0, 0.1) is 35.8 Å². The van der Waals surface area contributed by atoms with Gasteiger partial charge in [-0.3, -0.25) is 0 Å². The molecular weight excluding hydrogens is 451 g/mol. The molecule has 0 fully saturated rings. The number of hydrogen-bond donors (Lipinski definition) is 2. The Hall–Kier alpha value is -4.07. The molecule has 1 heterocycles. The molecule has 0 aliphatic carbocycles. The van der Waals surface area contributed by atoms with E-state index in [1.165, 1.54) is 21.3 Å². The second-order valence-corrected chi connectivity index (χ2v) is 7.35. The average Bonchev–Trinajstić information content (AvgIpc) is 2.82. The Bertz CT molecular complexity index is 1140. The Kier molecular flexibility index (Phi) is 7.73. The van der Waals surface area contributed by atoms with E-state index in [1.807, 2.05) is 13.1 Å². The average molecular weight is 475 g/mol. The van der Waals surface area contributed by atoms with Gasteiger partial charge in [-0.25, -0.2) is 18.2 Å². The molecule has 3 rings (SSSR count). The van der Waals surface area contributed by atoms with Crippen LogP contribution in [0.3, 0.4) is 0 Å². The highest BCUT2D eigenvalue weighted by Gasteiger charge is 2.26. The Labute approximate surface area is 195 Å². The van der Waals surface area contributed by atoms with E-state index >= 15 is 0 Å². The fourth-order valence-electron chi connectivity index (χ4n) is 3.42. The number of methoxy groups -OCH3 is 3. The van der Waals surface area contributed by atoms with Crippen LogP contribution in [0.5, 0.6) is 11.5 Å². The van der Waals surface area contributed by atoms with Crippen LogP contribution >= 0.6 is 0 Å². The van der Waals surface area contributed by atoms with Gasteiger partial charge >= 0.3 is 0 Å². The smallest absolute Gasteiger partial charge is 0.203 e. The number of ether oxygens (including phenoxy) is 3. The minimum absolute atomic E-state index is 0.0441. The molecule has 0 radical (unpaired) electrons. The van der Waals surface area contributed by atoms with E-state index in [0.29, 0.717) is 28.9 Å². The first kappa shape index (κ1) is 24.6. The third-order valence-corrected chi connectivity index (χ3v) is 5.15. The highest BCUT2D eigenvalue weighted by atomic mass is 19.2. The molecule has 0 saturated heterocycles. The molecule has 1 atom stereocenters. The fraction of sp³-hybridized carbons (Fsp3) is 0.304. The summed E-state index contributed by atoms with van der Waals surface area (Å²) < 4.78 is 57.2. The Morgan fingerprint density at radius 2 is 1.68 bits per heavy atom. The molecule has 0 aromatic heterocycles. The van der Waals surface area contributed by atoms with Crippen molar-refractivity contribution in [2.75, 3.05) is 33.2 Å². The minimum Gasteiger partial charge on any atom is -0.497 e. The normalized spacial score (nSPS) is 15.1. The molecule has 2 aromatic carbocycles. The predicted octanol–water partition coefficient (Wildman–Crippen LogP) is 3.64. The number of nitriles is 1. The van der Waals surface area contributed by atoms with Crippen molar-refractivity contribution in [1.82, 2.24) is 10.2 Å². The van der Waals surface area contributed by atoms with E-state index in [1.54, 1.807) is 23.2 Å². The van der Waals surface area contributed by atoms with E-state index in [2.05, 4.69) is 15.6 Å². The van der Waals surface area contributed by atoms with Crippen LogP contribution in [-0.2, 0) is 11.3 Å². The van der Waals surface area contributed by atoms with Crippen LogP contribution in [0.4, 0.5) is 18.9 Å². The molecular formula is C23H24F3N5O3. The molecule has 0 spiro atoms. The van der Waals surface area contributed by atoms with Gasteiger partial charge in [0.1, 0.15) is 11.8 Å². The van der Waals surface area contributed by atoms with Crippen molar-refractivity contribution in [3.63, 3.8) is 0 Å². The lowest BCUT2D eigenvalue weighted by Crippen LogP contribution is -2.40. The van der Waals surface area contributed by atoms with Gasteiger partial charge in [0.2, 0.25) is 5.96 Å². The quantitative estimate of drug-likeness (QED) is 0.342. The van der Waals surface area contributed by atoms with Crippen molar-refractivity contribution < 1.29 is 27.4 Å². The van der Waals surface area contributed by atoms with E-state index < -0.39 is 23.5 Å². The molecule has 8 nitrogen and oxygen atoms in total. The molecule has 1 aliphatic heterocycles. The summed E-state index contributed by atoms with van der Waals surface area (Å²) in [5, 5.41) is 14.7. The largest absolute Gasteiger partial charge is 0.497 e. The van der Waals surface area contributed by atoms with Crippen LogP contribution < -0.4 is 20.1 Å². The Morgan fingerprint density at radius 3 is 2.26 bits per heavy atom. The SMILES string of the molecule is COC1=CN(Cc2cc(F)c(F)c(F)c2)C(Nc2cc(OC)c(OC)cc2C)=NC1CNC#N. The molecule has 180 valence electrons. The molecule has 0 amide bonds. The van der Waals surface area contributed by atoms with Crippen molar-refractivity contribution in [3.8, 4) is 17.7 Å². The molecule has 0 bridgehead atoms. The lowest BCUT2D eigenvalue weighted by molar-refractivity contribution is 0.249. The van der Waals surface area contributed by atoms with Gasteiger partial charge in [-0.15, -0.1) is 0 Å². The number of anilines is 1. The molecule has 1 unspecified atom stereocenters. The summed E-state index contributed by atoms with van der Waals surface area (Å²) in [6, 6.07) is 4.79. The number of hydrogen-bond acceptors (Lipinski definition) is 8. The van der Waals surface area contributed by atoms with Crippen molar-refractivity contribution in [2.45, 2.75) is 19.5 Å². The molecule has 2 aromatic rings. The standard InChI is InChI=1S/C23H24F3N5O3/c1-13-5-19(32-2)20(33-3)8-17(13)29-23-30-18(9-28-12-27)21(34-4)11-31(23)10-14-6-15(24)22(26)16(25)7-14/h5-8,11,18,28H,9-10H2,1-4H3,(H,29,30). The summed E-state index contributed by atoms with van der Waals surface area (Å²) in [4.78, 5) is 6.21. The molecule has 0 saturated carbocycles. The van der Waals surface area contributed by atoms with Crippen LogP contribution in [-0.4, -0.2) is 44.8 Å². The third kappa shape index (κ3) is 5.28. The zero-order valence-corrected chi connectivity index (χ0v) is 19.1. The van der Waals surface area contributed by atoms with Crippen molar-refractivity contribution in [3.05, 3.63) is 64.8 Å². The van der Waals surface area contributed by atoms with Crippen LogP contribution in [0.1, 0.15) is 11.1 Å². The van der Waals surface area contributed by atoms with E-state index in [0.717, 1.165) is 17.7 Å². The zero-order valence-electron chi connectivity index (χ0n) is 19.1. The lowest BCUT2D eigenvalue weighted by atomic mass is 10.1. The van der Waals surface area contributed by atoms with Gasteiger partial charge < -0.3 is 29.7 Å². The van der Waals surface area contributed by atoms with Crippen LogP contribution in [0.15, 0.2) is 41.2 Å². The first-order chi connectivity index (χ1) is 16.3. The first-order valence-electron chi connectivity index (χ1n) is 10.2. The van der Waals surface area contributed by atoms with Crippen LogP contribution in [0.25, 0.3) is 0 Å². The number of aryl methyl sites for hydroxylation is 1. The molecule has 2 N–H and O–H groups in total. The number of guanidine groups is 1. The van der Waals surface area contributed by atoms with E-state index in [9.17, 15) is 13.2 Å². The minimum atomic E-state index is -1.54. The zero-order chi connectivity index (χ0) is 24.8. The van der Waals surface area contributed by atoms with Gasteiger partial charge in [-0.1, -0.05) is 0 Å². The second kappa shape index (κ2) is 10.7. The fourth-order valence-corrected chi connectivity index (χ4v) is 3.42. The number of benzene rings is 2. The Morgan fingerprint density at radius 1 is 1.03 bits per heavy atom. The number of rotatable bonds is 8. The third-order valence-electron chi connectivity index (χ3n) is 5.15. The lowest BCUT2D eigenvalue weighted by Gasteiger charge is -2.31. The summed E-state index contributed by atoms with van der Waals surface area (Å²) in [5.74, 6) is -2.36. The van der Waals surface area contributed by atoms with Crippen molar-refractivity contribution >= 4 is 11.6 Å². The summed E-state index contributed by atoms with van der Waals surface area (Å²) in [6.07, 6.45) is 3.45. The van der Waals surface area contributed by atoms with Gasteiger partial charge in [0.25, 0.3) is 0 Å². The van der Waals surface area contributed by atoms with Gasteiger partial charge in [0.05, 0.1) is 34.4 Å². The molecule has 1 aliphatic rings. The number of halogens is 3. The van der Waals surface area contributed by atoms with Crippen LogP contribution in [0.2, 0.25) is 0 Å². The molecule has 34 heavy (non-hydrogen) atoms. The summed E-state index contributed by atoms with van der Waals surface area (Å²) in [7, 11) is 4.49. The molecule has 11 heteroatoms. The highest BCUT2D eigenvalue weighted by Crippen LogP contribution is 2.33. The maximum atomic E-state index is 13.8. The second-order valence-electron chi connectivity index (χ2n) is 7.35. The Balaban J connectivity index is 2.00. The van der Waals surface area contributed by atoms with Crippen molar-refractivity contribution in [2.24, 2.45) is 4.99 Å². The topological polar surface area (TPSA) is 91.1 Å². The highest BCUT2D eigenvalue weighted by molar-refractivity contribution is 5.96. The first-order valence-corrected chi connectivity index (χ1v) is 10.2.